The zero-order chi connectivity index (χ0) is 18.5. The molecule has 0 aliphatic carbocycles. The van der Waals surface area contributed by atoms with Gasteiger partial charge in [0.05, 0.1) is 0 Å². The fraction of sp³-hybridized carbons (Fsp3) is 0.250. The molecule has 26 heavy (non-hydrogen) atoms. The first-order chi connectivity index (χ1) is 12.5. The molecule has 3 aromatic rings. The maximum atomic E-state index is 3.60. The number of hydrogen-bond donors (Lipinski definition) is 2. The quantitative estimate of drug-likeness (QED) is 0.561. The molecule has 0 saturated carbocycles. The monoisotopic (exact) mass is 344 g/mol. The molecular formula is C24H28N2. The van der Waals surface area contributed by atoms with Crippen molar-refractivity contribution in [3.8, 4) is 0 Å². The van der Waals surface area contributed by atoms with E-state index in [1.807, 2.05) is 0 Å². The summed E-state index contributed by atoms with van der Waals surface area (Å²) in [4.78, 5) is 0. The fourth-order valence-corrected chi connectivity index (χ4v) is 3.14. The van der Waals surface area contributed by atoms with E-state index in [0.717, 1.165) is 13.1 Å². The molecule has 3 aromatic carbocycles. The van der Waals surface area contributed by atoms with Gasteiger partial charge in [0.15, 0.2) is 0 Å². The van der Waals surface area contributed by atoms with Crippen LogP contribution in [0.1, 0.15) is 33.4 Å². The average Bonchev–Trinajstić information content (AvgIpc) is 2.64. The molecule has 0 heterocycles. The van der Waals surface area contributed by atoms with Crippen LogP contribution in [0.2, 0.25) is 0 Å². The van der Waals surface area contributed by atoms with E-state index < -0.39 is 0 Å². The van der Waals surface area contributed by atoms with Gasteiger partial charge >= 0.3 is 0 Å². The van der Waals surface area contributed by atoms with E-state index in [1.54, 1.807) is 0 Å². The Hall–Kier alpha value is -2.74. The van der Waals surface area contributed by atoms with E-state index in [9.17, 15) is 0 Å². The molecule has 0 saturated heterocycles. The van der Waals surface area contributed by atoms with Crippen molar-refractivity contribution in [3.63, 3.8) is 0 Å². The van der Waals surface area contributed by atoms with Gasteiger partial charge in [0.1, 0.15) is 0 Å². The van der Waals surface area contributed by atoms with Gasteiger partial charge < -0.3 is 10.6 Å². The minimum Gasteiger partial charge on any atom is -0.381 e. The first-order valence-corrected chi connectivity index (χ1v) is 9.22. The van der Waals surface area contributed by atoms with E-state index in [0.29, 0.717) is 0 Å². The van der Waals surface area contributed by atoms with Crippen LogP contribution in [-0.4, -0.2) is 0 Å². The van der Waals surface area contributed by atoms with Crippen molar-refractivity contribution in [2.75, 3.05) is 10.6 Å². The molecular weight excluding hydrogens is 316 g/mol. The van der Waals surface area contributed by atoms with Crippen LogP contribution in [0, 0.1) is 27.7 Å². The number of aryl methyl sites for hydroxylation is 4. The van der Waals surface area contributed by atoms with E-state index >= 15 is 0 Å². The predicted molar refractivity (Wildman–Crippen MR) is 113 cm³/mol. The molecule has 0 spiro atoms. The predicted octanol–water partition coefficient (Wildman–Crippen LogP) is 6.14. The normalized spacial score (nSPS) is 10.6. The van der Waals surface area contributed by atoms with Crippen LogP contribution in [0.3, 0.4) is 0 Å². The first kappa shape index (κ1) is 18.1. The lowest BCUT2D eigenvalue weighted by Crippen LogP contribution is -2.08. The van der Waals surface area contributed by atoms with Gasteiger partial charge in [0.2, 0.25) is 0 Å². The molecule has 0 aliphatic heterocycles. The van der Waals surface area contributed by atoms with Crippen LogP contribution < -0.4 is 10.6 Å². The Morgan fingerprint density at radius 3 is 1.42 bits per heavy atom. The molecule has 2 heteroatoms. The van der Waals surface area contributed by atoms with E-state index in [1.165, 1.54) is 44.8 Å². The molecule has 2 nitrogen and oxygen atoms in total. The van der Waals surface area contributed by atoms with Gasteiger partial charge in [-0.25, -0.2) is 0 Å². The highest BCUT2D eigenvalue weighted by Gasteiger charge is 2.05. The standard InChI is InChI=1S/C24H28N2/c1-17-9-11-19(3)23(13-17)25-15-21-7-5-6-8-22(21)16-26-24-14-18(2)10-12-20(24)4/h5-14,25-26H,15-16H2,1-4H3. The highest BCUT2D eigenvalue weighted by molar-refractivity contribution is 5.54. The maximum absolute atomic E-state index is 3.60. The largest absolute Gasteiger partial charge is 0.381 e. The van der Waals surface area contributed by atoms with Crippen molar-refractivity contribution in [2.45, 2.75) is 40.8 Å². The van der Waals surface area contributed by atoms with Crippen molar-refractivity contribution in [3.05, 3.63) is 94.0 Å². The molecule has 0 amide bonds. The van der Waals surface area contributed by atoms with Gasteiger partial charge in [-0.2, -0.15) is 0 Å². The third-order valence-corrected chi connectivity index (χ3v) is 4.84. The van der Waals surface area contributed by atoms with Crippen molar-refractivity contribution in [1.82, 2.24) is 0 Å². The third-order valence-electron chi connectivity index (χ3n) is 4.84. The molecule has 0 unspecified atom stereocenters. The Balaban J connectivity index is 1.72. The minimum atomic E-state index is 0.828. The molecule has 0 atom stereocenters. The Labute approximate surface area is 157 Å². The van der Waals surface area contributed by atoms with Gasteiger partial charge in [-0.05, 0) is 73.2 Å². The molecule has 0 aliphatic rings. The topological polar surface area (TPSA) is 24.1 Å². The fourth-order valence-electron chi connectivity index (χ4n) is 3.14. The van der Waals surface area contributed by atoms with Crippen LogP contribution in [0.5, 0.6) is 0 Å². The summed E-state index contributed by atoms with van der Waals surface area (Å²) < 4.78 is 0. The summed E-state index contributed by atoms with van der Waals surface area (Å²) >= 11 is 0. The molecule has 134 valence electrons. The van der Waals surface area contributed by atoms with Gasteiger partial charge in [0.25, 0.3) is 0 Å². The van der Waals surface area contributed by atoms with Crippen LogP contribution in [0.4, 0.5) is 11.4 Å². The SMILES string of the molecule is Cc1ccc(C)c(NCc2ccccc2CNc2cc(C)ccc2C)c1. The summed E-state index contributed by atoms with van der Waals surface area (Å²) in [5.41, 5.74) is 10.2. The van der Waals surface area contributed by atoms with E-state index in [-0.39, 0.29) is 0 Å². The molecule has 0 radical (unpaired) electrons. The smallest absolute Gasteiger partial charge is 0.0404 e. The Kier molecular flexibility index (Phi) is 5.62. The summed E-state index contributed by atoms with van der Waals surface area (Å²) in [5.74, 6) is 0. The molecule has 2 N–H and O–H groups in total. The first-order valence-electron chi connectivity index (χ1n) is 9.22. The van der Waals surface area contributed by atoms with Crippen LogP contribution in [0.25, 0.3) is 0 Å². The minimum absolute atomic E-state index is 0.828. The second-order valence-electron chi connectivity index (χ2n) is 7.11. The molecule has 0 fully saturated rings. The number of anilines is 2. The highest BCUT2D eigenvalue weighted by atomic mass is 14.9. The van der Waals surface area contributed by atoms with Crippen molar-refractivity contribution in [1.29, 1.82) is 0 Å². The second kappa shape index (κ2) is 8.09. The number of nitrogens with one attached hydrogen (secondary N) is 2. The summed E-state index contributed by atoms with van der Waals surface area (Å²) in [5, 5.41) is 7.20. The number of hydrogen-bond acceptors (Lipinski definition) is 2. The Morgan fingerprint density at radius 1 is 0.577 bits per heavy atom. The van der Waals surface area contributed by atoms with Crippen LogP contribution in [-0.2, 0) is 13.1 Å². The number of benzene rings is 3. The van der Waals surface area contributed by atoms with E-state index in [4.69, 9.17) is 0 Å². The Morgan fingerprint density at radius 2 is 1.00 bits per heavy atom. The summed E-state index contributed by atoms with van der Waals surface area (Å²) in [7, 11) is 0. The Bertz CT molecular complexity index is 822. The lowest BCUT2D eigenvalue weighted by molar-refractivity contribution is 1.04. The van der Waals surface area contributed by atoms with Crippen LogP contribution >= 0.6 is 0 Å². The molecule has 0 bridgehead atoms. The van der Waals surface area contributed by atoms with Gasteiger partial charge in [0, 0.05) is 24.5 Å². The lowest BCUT2D eigenvalue weighted by atomic mass is 10.1. The average molecular weight is 345 g/mol. The van der Waals surface area contributed by atoms with Crippen LogP contribution in [0.15, 0.2) is 60.7 Å². The highest BCUT2D eigenvalue weighted by Crippen LogP contribution is 2.21. The summed E-state index contributed by atoms with van der Waals surface area (Å²) in [6, 6.07) is 21.7. The van der Waals surface area contributed by atoms with Crippen molar-refractivity contribution < 1.29 is 0 Å². The zero-order valence-electron chi connectivity index (χ0n) is 16.2. The van der Waals surface area contributed by atoms with Crippen molar-refractivity contribution >= 4 is 11.4 Å². The third kappa shape index (κ3) is 4.45. The van der Waals surface area contributed by atoms with Gasteiger partial charge in [-0.3, -0.25) is 0 Å². The van der Waals surface area contributed by atoms with Gasteiger partial charge in [-0.15, -0.1) is 0 Å². The maximum Gasteiger partial charge on any atom is 0.0404 e. The van der Waals surface area contributed by atoms with Crippen molar-refractivity contribution in [2.24, 2.45) is 0 Å². The van der Waals surface area contributed by atoms with E-state index in [2.05, 4.69) is 99.0 Å². The zero-order valence-corrected chi connectivity index (χ0v) is 16.2. The second-order valence-corrected chi connectivity index (χ2v) is 7.11. The molecule has 3 rings (SSSR count). The summed E-state index contributed by atoms with van der Waals surface area (Å²) in [6.45, 7) is 10.2. The summed E-state index contributed by atoms with van der Waals surface area (Å²) in [6.07, 6.45) is 0. The lowest BCUT2D eigenvalue weighted by Gasteiger charge is -2.15. The molecule has 0 aromatic heterocycles. The number of rotatable bonds is 6. The van der Waals surface area contributed by atoms with Gasteiger partial charge in [-0.1, -0.05) is 48.5 Å².